The summed E-state index contributed by atoms with van der Waals surface area (Å²) in [7, 11) is -2.74. The predicted octanol–water partition coefficient (Wildman–Crippen LogP) is 1.78. The maximum absolute atomic E-state index is 13.0. The Hall–Kier alpha value is -2.00. The lowest BCUT2D eigenvalue weighted by atomic mass is 10.2. The van der Waals surface area contributed by atoms with Crippen LogP contribution in [0.3, 0.4) is 0 Å². The number of carbonyl (C=O) groups excluding carboxylic acids is 2. The van der Waals surface area contributed by atoms with Crippen LogP contribution in [0.25, 0.3) is 0 Å². The van der Waals surface area contributed by atoms with E-state index in [1.807, 2.05) is 0 Å². The molecule has 27 heavy (non-hydrogen) atoms. The van der Waals surface area contributed by atoms with E-state index in [0.717, 1.165) is 54.3 Å². The summed E-state index contributed by atoms with van der Waals surface area (Å²) in [5, 5.41) is 0. The summed E-state index contributed by atoms with van der Waals surface area (Å²) in [6, 6.07) is 4.30. The van der Waals surface area contributed by atoms with Gasteiger partial charge in [-0.3, -0.25) is 9.59 Å². The van der Waals surface area contributed by atoms with E-state index >= 15 is 0 Å². The molecule has 7 nitrogen and oxygen atoms in total. The zero-order chi connectivity index (χ0) is 20.0. The molecule has 0 saturated carbocycles. The molecule has 1 fully saturated rings. The van der Waals surface area contributed by atoms with Gasteiger partial charge in [0, 0.05) is 20.1 Å². The lowest BCUT2D eigenvalue weighted by molar-refractivity contribution is -0.159. The van der Waals surface area contributed by atoms with Crippen LogP contribution in [0.15, 0.2) is 29.2 Å². The number of halogens is 1. The van der Waals surface area contributed by atoms with Crippen molar-refractivity contribution in [2.24, 2.45) is 0 Å². The van der Waals surface area contributed by atoms with E-state index in [9.17, 15) is 22.4 Å². The summed E-state index contributed by atoms with van der Waals surface area (Å²) in [6.45, 7) is 2.22. The summed E-state index contributed by atoms with van der Waals surface area (Å²) < 4.78 is 43.7. The molecule has 9 heteroatoms. The monoisotopic (exact) mass is 400 g/mol. The molecule has 1 aliphatic rings. The van der Waals surface area contributed by atoms with Gasteiger partial charge in [-0.2, -0.15) is 4.31 Å². The Bertz CT molecular complexity index is 758. The van der Waals surface area contributed by atoms with Crippen LogP contribution in [0.1, 0.15) is 32.6 Å². The molecular weight excluding hydrogens is 375 g/mol. The average Bonchev–Trinajstić information content (AvgIpc) is 2.90. The second kappa shape index (κ2) is 9.27. The molecule has 1 aromatic rings. The van der Waals surface area contributed by atoms with Crippen molar-refractivity contribution in [1.29, 1.82) is 0 Å². The average molecular weight is 400 g/mol. The maximum atomic E-state index is 13.0. The van der Waals surface area contributed by atoms with Crippen LogP contribution >= 0.6 is 0 Å². The number of esters is 1. The molecule has 1 saturated heterocycles. The highest BCUT2D eigenvalue weighted by atomic mass is 32.2. The van der Waals surface area contributed by atoms with Crippen molar-refractivity contribution in [1.82, 2.24) is 9.21 Å². The lowest BCUT2D eigenvalue weighted by Gasteiger charge is -2.24. The normalized spacial score (nSPS) is 16.7. The van der Waals surface area contributed by atoms with Crippen LogP contribution in [-0.4, -0.2) is 62.3 Å². The van der Waals surface area contributed by atoms with Crippen molar-refractivity contribution in [3.8, 4) is 0 Å². The number of likely N-dealkylation sites (tertiary alicyclic amines) is 1. The number of rotatable bonds is 6. The van der Waals surface area contributed by atoms with Crippen molar-refractivity contribution < 1.29 is 27.1 Å². The Morgan fingerprint density at radius 1 is 1.15 bits per heavy atom. The molecule has 1 aromatic carbocycles. The van der Waals surface area contributed by atoms with E-state index in [1.54, 1.807) is 4.90 Å². The number of ether oxygens (including phenoxy) is 1. The predicted molar refractivity (Wildman–Crippen MR) is 96.8 cm³/mol. The van der Waals surface area contributed by atoms with Gasteiger partial charge in [-0.1, -0.05) is 12.8 Å². The van der Waals surface area contributed by atoms with Gasteiger partial charge in [-0.25, -0.2) is 12.8 Å². The number of likely N-dealkylation sites (N-methyl/N-ethyl adjacent to an activating group) is 1. The van der Waals surface area contributed by atoms with Crippen molar-refractivity contribution in [3.63, 3.8) is 0 Å². The first-order valence-corrected chi connectivity index (χ1v) is 10.4. The largest absolute Gasteiger partial charge is 0.452 e. The first kappa shape index (κ1) is 21.3. The highest BCUT2D eigenvalue weighted by Gasteiger charge is 2.27. The molecule has 150 valence electrons. The van der Waals surface area contributed by atoms with Gasteiger partial charge in [-0.15, -0.1) is 0 Å². The third-order valence-corrected chi connectivity index (χ3v) is 6.26. The van der Waals surface area contributed by atoms with Gasteiger partial charge in [0.2, 0.25) is 10.0 Å². The summed E-state index contributed by atoms with van der Waals surface area (Å²) in [4.78, 5) is 26.0. The molecule has 1 heterocycles. The van der Waals surface area contributed by atoms with E-state index in [0.29, 0.717) is 13.1 Å². The number of benzene rings is 1. The van der Waals surface area contributed by atoms with E-state index in [1.165, 1.54) is 14.0 Å². The fraction of sp³-hybridized carbons (Fsp3) is 0.556. The topological polar surface area (TPSA) is 84.0 Å². The second-order valence-corrected chi connectivity index (χ2v) is 8.63. The first-order chi connectivity index (χ1) is 12.7. The molecule has 0 aromatic heterocycles. The first-order valence-electron chi connectivity index (χ1n) is 8.92. The third-order valence-electron chi connectivity index (χ3n) is 4.45. The molecule has 2 rings (SSSR count). The van der Waals surface area contributed by atoms with Crippen molar-refractivity contribution in [2.75, 3.05) is 26.7 Å². The molecule has 1 amide bonds. The minimum atomic E-state index is -3.96. The maximum Gasteiger partial charge on any atom is 0.322 e. The van der Waals surface area contributed by atoms with E-state index in [2.05, 4.69) is 0 Å². The smallest absolute Gasteiger partial charge is 0.322 e. The molecule has 0 aliphatic carbocycles. The summed E-state index contributed by atoms with van der Waals surface area (Å²) in [6.07, 6.45) is 3.02. The summed E-state index contributed by atoms with van der Waals surface area (Å²) in [5.41, 5.74) is 0. The minimum absolute atomic E-state index is 0.132. The van der Waals surface area contributed by atoms with Gasteiger partial charge < -0.3 is 9.64 Å². The van der Waals surface area contributed by atoms with E-state index < -0.39 is 34.5 Å². The Labute approximate surface area is 159 Å². The molecule has 0 unspecified atom stereocenters. The third kappa shape index (κ3) is 5.74. The lowest BCUT2D eigenvalue weighted by Crippen LogP contribution is -2.42. The number of nitrogens with zero attached hydrogens (tertiary/aromatic N) is 2. The highest BCUT2D eigenvalue weighted by molar-refractivity contribution is 7.89. The minimum Gasteiger partial charge on any atom is -0.452 e. The molecule has 0 bridgehead atoms. The van der Waals surface area contributed by atoms with Gasteiger partial charge in [0.05, 0.1) is 4.90 Å². The molecular formula is C18H25FN2O5S. The summed E-state index contributed by atoms with van der Waals surface area (Å²) >= 11 is 0. The van der Waals surface area contributed by atoms with Crippen LogP contribution in [0.4, 0.5) is 4.39 Å². The zero-order valence-corrected chi connectivity index (χ0v) is 16.4. The van der Waals surface area contributed by atoms with Crippen molar-refractivity contribution >= 4 is 21.9 Å². The van der Waals surface area contributed by atoms with Gasteiger partial charge in [0.15, 0.2) is 6.10 Å². The molecule has 0 spiro atoms. The fourth-order valence-corrected chi connectivity index (χ4v) is 4.00. The van der Waals surface area contributed by atoms with Gasteiger partial charge >= 0.3 is 5.97 Å². The molecule has 0 radical (unpaired) electrons. The van der Waals surface area contributed by atoms with Gasteiger partial charge in [-0.05, 0) is 44.0 Å². The Morgan fingerprint density at radius 2 is 1.70 bits per heavy atom. The van der Waals surface area contributed by atoms with E-state index in [-0.39, 0.29) is 10.8 Å². The standard InChI is InChI=1S/C18H25FN2O5S/c1-14(18(23)21-11-5-3-4-6-12-21)26-17(22)13-20(2)27(24,25)16-9-7-15(19)8-10-16/h7-10,14H,3-6,11-13H2,1-2H3/t14-/m1/s1. The number of carbonyl (C=O) groups is 2. The summed E-state index contributed by atoms with van der Waals surface area (Å²) in [5.74, 6) is -1.65. The second-order valence-electron chi connectivity index (χ2n) is 6.59. The Balaban J connectivity index is 1.93. The number of hydrogen-bond acceptors (Lipinski definition) is 5. The van der Waals surface area contributed by atoms with Crippen LogP contribution in [-0.2, 0) is 24.3 Å². The van der Waals surface area contributed by atoms with Crippen LogP contribution < -0.4 is 0 Å². The highest BCUT2D eigenvalue weighted by Crippen LogP contribution is 2.15. The van der Waals surface area contributed by atoms with Crippen LogP contribution in [0.2, 0.25) is 0 Å². The molecule has 1 aliphatic heterocycles. The molecule has 0 N–H and O–H groups in total. The quantitative estimate of drug-likeness (QED) is 0.680. The fourth-order valence-electron chi connectivity index (χ4n) is 2.89. The number of hydrogen-bond donors (Lipinski definition) is 0. The molecule has 1 atom stereocenters. The Morgan fingerprint density at radius 3 is 2.26 bits per heavy atom. The van der Waals surface area contributed by atoms with Crippen molar-refractivity contribution in [3.05, 3.63) is 30.1 Å². The van der Waals surface area contributed by atoms with Gasteiger partial charge in [0.1, 0.15) is 12.4 Å². The van der Waals surface area contributed by atoms with E-state index in [4.69, 9.17) is 4.74 Å². The SMILES string of the molecule is C[C@@H](OC(=O)CN(C)S(=O)(=O)c1ccc(F)cc1)C(=O)N1CCCCCC1. The number of sulfonamides is 1. The van der Waals surface area contributed by atoms with Crippen LogP contribution in [0.5, 0.6) is 0 Å². The van der Waals surface area contributed by atoms with Gasteiger partial charge in [0.25, 0.3) is 5.91 Å². The zero-order valence-electron chi connectivity index (χ0n) is 15.6. The Kier molecular flexibility index (Phi) is 7.32. The number of amides is 1. The van der Waals surface area contributed by atoms with Crippen LogP contribution in [0, 0.1) is 5.82 Å². The van der Waals surface area contributed by atoms with Crippen molar-refractivity contribution in [2.45, 2.75) is 43.6 Å².